The maximum Gasteiger partial charge on any atom is 0.329 e. The van der Waals surface area contributed by atoms with E-state index in [1.54, 1.807) is 4.90 Å². The van der Waals surface area contributed by atoms with Crippen molar-refractivity contribution in [1.82, 2.24) is 10.2 Å². The number of carbonyl (C=O) groups excluding carboxylic acids is 2. The van der Waals surface area contributed by atoms with Crippen molar-refractivity contribution >= 4 is 17.8 Å². The molecule has 1 aliphatic heterocycles. The fraction of sp³-hybridized carbons (Fsp3) is 0.769. The van der Waals surface area contributed by atoms with Gasteiger partial charge in [-0.05, 0) is 32.1 Å². The van der Waals surface area contributed by atoms with Crippen molar-refractivity contribution in [3.63, 3.8) is 0 Å². The molecule has 1 aliphatic carbocycles. The van der Waals surface area contributed by atoms with E-state index in [4.69, 9.17) is 0 Å². The minimum atomic E-state index is -1.03. The second-order valence-corrected chi connectivity index (χ2v) is 5.51. The molecular formula is C13H20N2O4. The van der Waals surface area contributed by atoms with Gasteiger partial charge in [0.15, 0.2) is 0 Å². The Morgan fingerprint density at radius 3 is 2.16 bits per heavy atom. The molecule has 0 aromatic carbocycles. The van der Waals surface area contributed by atoms with Crippen LogP contribution in [0.4, 0.5) is 0 Å². The van der Waals surface area contributed by atoms with E-state index in [9.17, 15) is 19.5 Å². The van der Waals surface area contributed by atoms with Gasteiger partial charge in [-0.25, -0.2) is 4.79 Å². The molecule has 2 rings (SSSR count). The van der Waals surface area contributed by atoms with Crippen molar-refractivity contribution in [3.8, 4) is 0 Å². The normalized spacial score (nSPS) is 22.5. The van der Waals surface area contributed by atoms with Crippen molar-refractivity contribution in [2.75, 3.05) is 13.1 Å². The molecule has 0 aromatic heterocycles. The molecule has 0 unspecified atom stereocenters. The zero-order valence-electron chi connectivity index (χ0n) is 11.1. The number of likely N-dealkylation sites (tertiary alicyclic amines) is 1. The highest BCUT2D eigenvalue weighted by Gasteiger charge is 2.46. The summed E-state index contributed by atoms with van der Waals surface area (Å²) in [5.74, 6) is -1.26. The number of carboxylic acid groups (broad SMARTS) is 1. The topological polar surface area (TPSA) is 86.7 Å². The summed E-state index contributed by atoms with van der Waals surface area (Å²) in [7, 11) is 0. The van der Waals surface area contributed by atoms with Crippen LogP contribution in [0.1, 0.15) is 39.0 Å². The van der Waals surface area contributed by atoms with Gasteiger partial charge in [-0.1, -0.05) is 0 Å². The van der Waals surface area contributed by atoms with E-state index >= 15 is 0 Å². The van der Waals surface area contributed by atoms with Crippen LogP contribution >= 0.6 is 0 Å². The van der Waals surface area contributed by atoms with Crippen molar-refractivity contribution in [1.29, 1.82) is 0 Å². The highest BCUT2D eigenvalue weighted by molar-refractivity contribution is 5.89. The lowest BCUT2D eigenvalue weighted by Crippen LogP contribution is -2.60. The van der Waals surface area contributed by atoms with Crippen LogP contribution in [0.5, 0.6) is 0 Å². The van der Waals surface area contributed by atoms with E-state index < -0.39 is 11.5 Å². The summed E-state index contributed by atoms with van der Waals surface area (Å²) in [5, 5.41) is 11.9. The standard InChI is InChI=1S/C13H20N2O4/c1-9(16)15-7-3-10(4-8-15)11(17)14-13(12(18)19)5-2-6-13/h10H,2-8H2,1H3,(H,14,17)(H,18,19). The lowest BCUT2D eigenvalue weighted by molar-refractivity contribution is -0.152. The number of amides is 2. The quantitative estimate of drug-likeness (QED) is 0.774. The van der Waals surface area contributed by atoms with Crippen molar-refractivity contribution in [2.45, 2.75) is 44.6 Å². The Balaban J connectivity index is 1.88. The Hall–Kier alpha value is -1.59. The summed E-state index contributed by atoms with van der Waals surface area (Å²) in [6, 6.07) is 0. The molecule has 0 radical (unpaired) electrons. The Morgan fingerprint density at radius 2 is 1.79 bits per heavy atom. The molecule has 2 fully saturated rings. The van der Waals surface area contributed by atoms with Gasteiger partial charge in [-0.15, -0.1) is 0 Å². The number of aliphatic carboxylic acids is 1. The van der Waals surface area contributed by atoms with Crippen molar-refractivity contribution in [2.24, 2.45) is 5.92 Å². The fourth-order valence-electron chi connectivity index (χ4n) is 2.72. The first-order valence-corrected chi connectivity index (χ1v) is 6.75. The van der Waals surface area contributed by atoms with Crippen LogP contribution in [-0.2, 0) is 14.4 Å². The average molecular weight is 268 g/mol. The molecule has 1 heterocycles. The molecule has 0 bridgehead atoms. The number of rotatable bonds is 3. The number of carbonyl (C=O) groups is 3. The molecule has 0 spiro atoms. The van der Waals surface area contributed by atoms with E-state index in [2.05, 4.69) is 5.32 Å². The first-order valence-electron chi connectivity index (χ1n) is 6.75. The summed E-state index contributed by atoms with van der Waals surface area (Å²) in [5.41, 5.74) is -1.03. The number of hydrogen-bond donors (Lipinski definition) is 2. The van der Waals surface area contributed by atoms with Gasteiger partial charge in [0.05, 0.1) is 0 Å². The predicted octanol–water partition coefficient (Wildman–Crippen LogP) is 0.368. The molecule has 2 aliphatic rings. The maximum absolute atomic E-state index is 12.1. The third-order valence-electron chi connectivity index (χ3n) is 4.29. The summed E-state index contributed by atoms with van der Waals surface area (Å²) < 4.78 is 0. The number of carboxylic acids is 1. The highest BCUT2D eigenvalue weighted by atomic mass is 16.4. The van der Waals surface area contributed by atoms with E-state index in [0.717, 1.165) is 6.42 Å². The molecule has 2 N–H and O–H groups in total. The van der Waals surface area contributed by atoms with Gasteiger partial charge in [-0.3, -0.25) is 9.59 Å². The molecule has 0 aromatic rings. The molecule has 0 atom stereocenters. The average Bonchev–Trinajstić information content (AvgIpc) is 2.33. The monoisotopic (exact) mass is 268 g/mol. The molecule has 19 heavy (non-hydrogen) atoms. The Kier molecular flexibility index (Phi) is 3.78. The molecule has 1 saturated heterocycles. The summed E-state index contributed by atoms with van der Waals surface area (Å²) in [6.45, 7) is 2.68. The Bertz CT molecular complexity index is 395. The Morgan fingerprint density at radius 1 is 1.21 bits per heavy atom. The molecule has 6 nitrogen and oxygen atoms in total. The summed E-state index contributed by atoms with van der Waals surface area (Å²) in [4.78, 5) is 36.2. The van der Waals surface area contributed by atoms with E-state index in [1.807, 2.05) is 0 Å². The Labute approximate surface area is 112 Å². The minimum absolute atomic E-state index is 0.0276. The van der Waals surface area contributed by atoms with Gasteiger partial charge in [0.2, 0.25) is 11.8 Å². The van der Waals surface area contributed by atoms with Crippen molar-refractivity contribution in [3.05, 3.63) is 0 Å². The van der Waals surface area contributed by atoms with Crippen LogP contribution in [0.3, 0.4) is 0 Å². The van der Waals surface area contributed by atoms with Gasteiger partial charge >= 0.3 is 5.97 Å². The molecule has 2 amide bonds. The van der Waals surface area contributed by atoms with E-state index in [0.29, 0.717) is 38.8 Å². The molecule has 6 heteroatoms. The smallest absolute Gasteiger partial charge is 0.329 e. The first kappa shape index (κ1) is 13.8. The third kappa shape index (κ3) is 2.72. The van der Waals surface area contributed by atoms with Crippen LogP contribution in [0.15, 0.2) is 0 Å². The minimum Gasteiger partial charge on any atom is -0.480 e. The SMILES string of the molecule is CC(=O)N1CCC(C(=O)NC2(C(=O)O)CCC2)CC1. The van der Waals surface area contributed by atoms with E-state index in [-0.39, 0.29) is 17.7 Å². The van der Waals surface area contributed by atoms with Crippen molar-refractivity contribution < 1.29 is 19.5 Å². The second-order valence-electron chi connectivity index (χ2n) is 5.51. The van der Waals surface area contributed by atoms with E-state index in [1.165, 1.54) is 6.92 Å². The largest absolute Gasteiger partial charge is 0.480 e. The van der Waals surface area contributed by atoms with Crippen LogP contribution in [0.2, 0.25) is 0 Å². The zero-order valence-corrected chi connectivity index (χ0v) is 11.1. The number of piperidine rings is 1. The molecule has 1 saturated carbocycles. The van der Waals surface area contributed by atoms with Gasteiger partial charge in [0.1, 0.15) is 5.54 Å². The summed E-state index contributed by atoms with van der Waals surface area (Å²) >= 11 is 0. The van der Waals surface area contributed by atoms with Gasteiger partial charge in [-0.2, -0.15) is 0 Å². The highest BCUT2D eigenvalue weighted by Crippen LogP contribution is 2.33. The van der Waals surface area contributed by atoms with Gasteiger partial charge in [0.25, 0.3) is 0 Å². The number of hydrogen-bond acceptors (Lipinski definition) is 3. The van der Waals surface area contributed by atoms with Crippen LogP contribution in [0, 0.1) is 5.92 Å². The maximum atomic E-state index is 12.1. The number of nitrogens with one attached hydrogen (secondary N) is 1. The lowest BCUT2D eigenvalue weighted by Gasteiger charge is -2.40. The summed E-state index contributed by atoms with van der Waals surface area (Å²) in [6.07, 6.45) is 3.10. The molecular weight excluding hydrogens is 248 g/mol. The van der Waals surface area contributed by atoms with Gasteiger partial charge in [0, 0.05) is 25.9 Å². The van der Waals surface area contributed by atoms with Crippen LogP contribution < -0.4 is 5.32 Å². The first-order chi connectivity index (χ1) is 8.94. The predicted molar refractivity (Wildman–Crippen MR) is 67.3 cm³/mol. The van der Waals surface area contributed by atoms with Crippen LogP contribution in [0.25, 0.3) is 0 Å². The second kappa shape index (κ2) is 5.19. The number of nitrogens with zero attached hydrogens (tertiary/aromatic N) is 1. The molecule has 106 valence electrons. The lowest BCUT2D eigenvalue weighted by atomic mass is 9.76. The third-order valence-corrected chi connectivity index (χ3v) is 4.29. The fourth-order valence-corrected chi connectivity index (χ4v) is 2.72. The van der Waals surface area contributed by atoms with Crippen LogP contribution in [-0.4, -0.2) is 46.4 Å². The van der Waals surface area contributed by atoms with Gasteiger partial charge < -0.3 is 15.3 Å². The zero-order chi connectivity index (χ0) is 14.0.